The van der Waals surface area contributed by atoms with Gasteiger partial charge in [0, 0.05) is 19.6 Å². The van der Waals surface area contributed by atoms with Crippen LogP contribution in [0.5, 0.6) is 0 Å². The Morgan fingerprint density at radius 1 is 1.24 bits per heavy atom. The van der Waals surface area contributed by atoms with Crippen LogP contribution in [0.1, 0.15) is 44.6 Å². The highest BCUT2D eigenvalue weighted by atomic mass is 19.4. The molecule has 1 N–H and O–H groups in total. The third kappa shape index (κ3) is 3.80. The van der Waals surface area contributed by atoms with Crippen molar-refractivity contribution in [2.75, 3.05) is 23.8 Å². The number of aromatic nitrogens is 1. The monoisotopic (exact) mass is 301 g/mol. The fraction of sp³-hybridized carbons (Fsp3) is 0.667. The Morgan fingerprint density at radius 3 is 2.43 bits per heavy atom. The van der Waals surface area contributed by atoms with E-state index in [0.29, 0.717) is 18.4 Å². The van der Waals surface area contributed by atoms with Crippen molar-refractivity contribution in [3.63, 3.8) is 0 Å². The lowest BCUT2D eigenvalue weighted by molar-refractivity contribution is -0.137. The molecule has 0 aromatic carbocycles. The zero-order chi connectivity index (χ0) is 15.5. The van der Waals surface area contributed by atoms with Crippen LogP contribution in [0.4, 0.5) is 24.8 Å². The molecule has 0 amide bonds. The van der Waals surface area contributed by atoms with Crippen molar-refractivity contribution in [1.29, 1.82) is 0 Å². The van der Waals surface area contributed by atoms with Gasteiger partial charge >= 0.3 is 6.18 Å². The molecule has 0 aliphatic heterocycles. The van der Waals surface area contributed by atoms with E-state index in [1.54, 1.807) is 7.05 Å². The Balaban J connectivity index is 2.35. The molecule has 0 saturated heterocycles. The van der Waals surface area contributed by atoms with Gasteiger partial charge in [0.2, 0.25) is 0 Å². The van der Waals surface area contributed by atoms with Gasteiger partial charge in [0.15, 0.2) is 0 Å². The second kappa shape index (κ2) is 6.54. The van der Waals surface area contributed by atoms with E-state index in [1.807, 2.05) is 11.8 Å². The molecule has 0 unspecified atom stereocenters. The highest BCUT2D eigenvalue weighted by molar-refractivity contribution is 5.51. The molecule has 0 bridgehead atoms. The lowest BCUT2D eigenvalue weighted by Crippen LogP contribution is -2.37. The first kappa shape index (κ1) is 15.9. The summed E-state index contributed by atoms with van der Waals surface area (Å²) >= 11 is 0. The van der Waals surface area contributed by atoms with Crippen molar-refractivity contribution in [2.45, 2.75) is 51.2 Å². The van der Waals surface area contributed by atoms with Crippen molar-refractivity contribution >= 4 is 11.6 Å². The lowest BCUT2D eigenvalue weighted by Gasteiger charge is -2.35. The zero-order valence-corrected chi connectivity index (χ0v) is 12.5. The maximum atomic E-state index is 13.0. The van der Waals surface area contributed by atoms with Crippen molar-refractivity contribution in [3.05, 3.63) is 17.7 Å². The summed E-state index contributed by atoms with van der Waals surface area (Å²) in [7, 11) is 1.59. The molecule has 1 heterocycles. The number of halogens is 3. The molecule has 6 heteroatoms. The molecular formula is C15H22F3N3. The van der Waals surface area contributed by atoms with Gasteiger partial charge in [-0.2, -0.15) is 13.2 Å². The van der Waals surface area contributed by atoms with E-state index in [4.69, 9.17) is 0 Å². The number of alkyl halides is 3. The number of pyridine rings is 1. The Kier molecular flexibility index (Phi) is 4.96. The fourth-order valence-electron chi connectivity index (χ4n) is 2.95. The van der Waals surface area contributed by atoms with Gasteiger partial charge in [-0.3, -0.25) is 0 Å². The molecule has 118 valence electrons. The molecule has 1 fully saturated rings. The van der Waals surface area contributed by atoms with E-state index >= 15 is 0 Å². The van der Waals surface area contributed by atoms with Crippen LogP contribution in [0.2, 0.25) is 0 Å². The number of nitrogens with one attached hydrogen (secondary N) is 1. The molecule has 1 aromatic rings. The normalized spacial score (nSPS) is 16.8. The molecule has 1 aliphatic carbocycles. The minimum atomic E-state index is -4.35. The first-order chi connectivity index (χ1) is 9.95. The van der Waals surface area contributed by atoms with Crippen LogP contribution in [0.25, 0.3) is 0 Å². The van der Waals surface area contributed by atoms with Crippen molar-refractivity contribution in [2.24, 2.45) is 0 Å². The maximum Gasteiger partial charge on any atom is 0.416 e. The van der Waals surface area contributed by atoms with E-state index in [1.165, 1.54) is 12.5 Å². The van der Waals surface area contributed by atoms with Gasteiger partial charge in [0.05, 0.1) is 5.56 Å². The molecule has 0 radical (unpaired) electrons. The Bertz CT molecular complexity index is 468. The fourth-order valence-corrected chi connectivity index (χ4v) is 2.95. The third-order valence-electron chi connectivity index (χ3n) is 4.05. The van der Waals surface area contributed by atoms with E-state index in [0.717, 1.165) is 31.7 Å². The molecule has 2 rings (SSSR count). The van der Waals surface area contributed by atoms with Gasteiger partial charge in [-0.1, -0.05) is 19.3 Å². The van der Waals surface area contributed by atoms with Gasteiger partial charge in [-0.05, 0) is 31.9 Å². The van der Waals surface area contributed by atoms with E-state index in [-0.39, 0.29) is 5.82 Å². The van der Waals surface area contributed by atoms with Crippen LogP contribution in [0.3, 0.4) is 0 Å². The van der Waals surface area contributed by atoms with Crippen LogP contribution < -0.4 is 10.2 Å². The Labute approximate surface area is 123 Å². The van der Waals surface area contributed by atoms with Crippen molar-refractivity contribution < 1.29 is 13.2 Å². The second-order valence-electron chi connectivity index (χ2n) is 5.42. The highest BCUT2D eigenvalue weighted by Crippen LogP contribution is 2.34. The quantitative estimate of drug-likeness (QED) is 0.898. The smallest absolute Gasteiger partial charge is 0.373 e. The number of hydrogen-bond acceptors (Lipinski definition) is 3. The number of anilines is 2. The van der Waals surface area contributed by atoms with E-state index in [2.05, 4.69) is 10.3 Å². The van der Waals surface area contributed by atoms with Crippen LogP contribution in [-0.4, -0.2) is 24.6 Å². The average molecular weight is 301 g/mol. The minimum absolute atomic E-state index is 0.258. The highest BCUT2D eigenvalue weighted by Gasteiger charge is 2.33. The lowest BCUT2D eigenvalue weighted by atomic mass is 9.94. The molecule has 1 aliphatic rings. The number of rotatable bonds is 4. The summed E-state index contributed by atoms with van der Waals surface area (Å²) in [6.07, 6.45) is 1.19. The summed E-state index contributed by atoms with van der Waals surface area (Å²) in [6, 6.07) is 2.52. The minimum Gasteiger partial charge on any atom is -0.373 e. The maximum absolute atomic E-state index is 13.0. The first-order valence-corrected chi connectivity index (χ1v) is 7.49. The van der Waals surface area contributed by atoms with Crippen molar-refractivity contribution in [3.8, 4) is 0 Å². The van der Waals surface area contributed by atoms with Crippen LogP contribution >= 0.6 is 0 Å². The standard InChI is InChI=1S/C15H22F3N3/c1-3-21(12-7-5-4-6-8-12)14-10-11(15(16,17)18)9-13(19-2)20-14/h9-10,12H,3-8H2,1-2H3,(H,19,20). The summed E-state index contributed by atoms with van der Waals surface area (Å²) in [5.41, 5.74) is -0.647. The summed E-state index contributed by atoms with van der Waals surface area (Å²) < 4.78 is 39.1. The summed E-state index contributed by atoms with van der Waals surface area (Å²) in [6.45, 7) is 2.64. The van der Waals surface area contributed by atoms with Gasteiger partial charge < -0.3 is 10.2 Å². The van der Waals surface area contributed by atoms with Gasteiger partial charge in [-0.25, -0.2) is 4.98 Å². The number of nitrogens with zero attached hydrogens (tertiary/aromatic N) is 2. The van der Waals surface area contributed by atoms with Crippen LogP contribution in [0.15, 0.2) is 12.1 Å². The summed E-state index contributed by atoms with van der Waals surface area (Å²) in [5.74, 6) is 0.678. The predicted molar refractivity (Wildman–Crippen MR) is 78.7 cm³/mol. The third-order valence-corrected chi connectivity index (χ3v) is 4.05. The molecular weight excluding hydrogens is 279 g/mol. The van der Waals surface area contributed by atoms with Gasteiger partial charge in [0.25, 0.3) is 0 Å². The Hall–Kier alpha value is -1.46. The average Bonchev–Trinajstić information content (AvgIpc) is 2.48. The SMILES string of the molecule is CCN(c1cc(C(F)(F)F)cc(NC)n1)C1CCCCC1. The Morgan fingerprint density at radius 2 is 1.90 bits per heavy atom. The summed E-state index contributed by atoms with van der Waals surface area (Å²) in [4.78, 5) is 6.34. The van der Waals surface area contributed by atoms with Crippen LogP contribution in [0, 0.1) is 0 Å². The van der Waals surface area contributed by atoms with Crippen LogP contribution in [-0.2, 0) is 6.18 Å². The van der Waals surface area contributed by atoms with Crippen molar-refractivity contribution in [1.82, 2.24) is 4.98 Å². The number of hydrogen-bond donors (Lipinski definition) is 1. The van der Waals surface area contributed by atoms with Gasteiger partial charge in [0.1, 0.15) is 11.6 Å². The molecule has 0 spiro atoms. The molecule has 21 heavy (non-hydrogen) atoms. The first-order valence-electron chi connectivity index (χ1n) is 7.49. The predicted octanol–water partition coefficient (Wildman–Crippen LogP) is 4.30. The topological polar surface area (TPSA) is 28.2 Å². The van der Waals surface area contributed by atoms with Gasteiger partial charge in [-0.15, -0.1) is 0 Å². The van der Waals surface area contributed by atoms with E-state index < -0.39 is 11.7 Å². The largest absolute Gasteiger partial charge is 0.416 e. The summed E-state index contributed by atoms with van der Waals surface area (Å²) in [5, 5.41) is 2.72. The molecule has 0 atom stereocenters. The molecule has 1 saturated carbocycles. The second-order valence-corrected chi connectivity index (χ2v) is 5.42. The molecule has 1 aromatic heterocycles. The molecule has 3 nitrogen and oxygen atoms in total. The zero-order valence-electron chi connectivity index (χ0n) is 12.5. The van der Waals surface area contributed by atoms with E-state index in [9.17, 15) is 13.2 Å².